The van der Waals surface area contributed by atoms with E-state index in [1.54, 1.807) is 13.2 Å². The lowest BCUT2D eigenvalue weighted by atomic mass is 9.70. The van der Waals surface area contributed by atoms with E-state index in [4.69, 9.17) is 4.74 Å². The predicted octanol–water partition coefficient (Wildman–Crippen LogP) is 5.56. The minimum Gasteiger partial charge on any atom is -0.496 e. The van der Waals surface area contributed by atoms with Gasteiger partial charge in [-0.1, -0.05) is 32.4 Å². The molecule has 2 heterocycles. The highest BCUT2D eigenvalue weighted by atomic mass is 16.5. The van der Waals surface area contributed by atoms with Gasteiger partial charge in [-0.05, 0) is 54.7 Å². The number of nitrogens with zero attached hydrogens (tertiary/aromatic N) is 2. The van der Waals surface area contributed by atoms with Crippen molar-refractivity contribution in [3.05, 3.63) is 69.9 Å². The number of nitrogens with one attached hydrogen (secondary N) is 1. The minimum atomic E-state index is -0.390. The smallest absolute Gasteiger partial charge is 0.195 e. The second-order valence-electron chi connectivity index (χ2n) is 10.4. The van der Waals surface area contributed by atoms with E-state index in [-0.39, 0.29) is 5.78 Å². The number of rotatable bonds is 3. The van der Waals surface area contributed by atoms with Crippen LogP contribution in [0, 0.1) is 11.3 Å². The van der Waals surface area contributed by atoms with Crippen LogP contribution in [0.4, 0.5) is 0 Å². The molecule has 5 heteroatoms. The van der Waals surface area contributed by atoms with Crippen LogP contribution in [0.2, 0.25) is 0 Å². The van der Waals surface area contributed by atoms with Crippen molar-refractivity contribution in [1.82, 2.24) is 9.88 Å². The summed E-state index contributed by atoms with van der Waals surface area (Å²) in [5.41, 5.74) is 6.78. The van der Waals surface area contributed by atoms with E-state index in [0.29, 0.717) is 16.7 Å². The third-order valence-corrected chi connectivity index (χ3v) is 8.21. The van der Waals surface area contributed by atoms with Crippen LogP contribution in [-0.4, -0.2) is 41.9 Å². The SMILES string of the molecule is COc1cc2c(cc1C1=CCN(C3CCC3)CC1)C(C)(C)c1[nH]c3cc(C#N)ccc3c1C2=O. The molecular formula is C29H29N3O2. The molecule has 0 unspecified atom stereocenters. The Morgan fingerprint density at radius 3 is 2.65 bits per heavy atom. The number of hydrogen-bond donors (Lipinski definition) is 1. The number of hydrogen-bond acceptors (Lipinski definition) is 4. The first-order valence-electron chi connectivity index (χ1n) is 12.2. The zero-order valence-corrected chi connectivity index (χ0v) is 20.0. The van der Waals surface area contributed by atoms with Crippen LogP contribution in [0.15, 0.2) is 36.4 Å². The maximum absolute atomic E-state index is 13.8. The highest BCUT2D eigenvalue weighted by molar-refractivity contribution is 6.20. The fourth-order valence-electron chi connectivity index (χ4n) is 5.96. The van der Waals surface area contributed by atoms with Gasteiger partial charge >= 0.3 is 0 Å². The zero-order valence-electron chi connectivity index (χ0n) is 20.0. The molecule has 0 radical (unpaired) electrons. The van der Waals surface area contributed by atoms with E-state index in [0.717, 1.165) is 59.0 Å². The van der Waals surface area contributed by atoms with Gasteiger partial charge in [-0.2, -0.15) is 5.26 Å². The number of benzene rings is 2. The van der Waals surface area contributed by atoms with Crippen molar-refractivity contribution < 1.29 is 9.53 Å². The standard InChI is InChI=1S/C29H29N3O2/c1-29(2)23-14-21(18-9-11-32(12-10-18)19-5-4-6-19)25(34-3)15-22(23)27(33)26-20-8-7-17(16-30)13-24(20)31-28(26)29/h7-9,13-15,19,31H,4-6,10-12H2,1-3H3. The van der Waals surface area contributed by atoms with Crippen molar-refractivity contribution in [3.63, 3.8) is 0 Å². The summed E-state index contributed by atoms with van der Waals surface area (Å²) in [5, 5.41) is 10.2. The average molecular weight is 452 g/mol. The highest BCUT2D eigenvalue weighted by Gasteiger charge is 2.40. The number of ketones is 1. The molecule has 3 aliphatic rings. The van der Waals surface area contributed by atoms with Crippen molar-refractivity contribution in [2.75, 3.05) is 20.2 Å². The molecule has 0 bridgehead atoms. The molecule has 1 aromatic heterocycles. The van der Waals surface area contributed by atoms with Crippen LogP contribution in [-0.2, 0) is 5.41 Å². The Balaban J connectivity index is 1.47. The number of nitriles is 1. The molecule has 2 aliphatic carbocycles. The van der Waals surface area contributed by atoms with Crippen LogP contribution in [0.25, 0.3) is 16.5 Å². The largest absolute Gasteiger partial charge is 0.496 e. The summed E-state index contributed by atoms with van der Waals surface area (Å²) in [5.74, 6) is 0.778. The molecule has 0 saturated heterocycles. The Hall–Kier alpha value is -3.36. The van der Waals surface area contributed by atoms with Crippen molar-refractivity contribution in [3.8, 4) is 11.8 Å². The molecule has 1 fully saturated rings. The first-order chi connectivity index (χ1) is 16.4. The number of H-pyrrole nitrogens is 1. The summed E-state index contributed by atoms with van der Waals surface area (Å²) in [6.45, 7) is 6.39. The van der Waals surface area contributed by atoms with E-state index >= 15 is 0 Å². The first kappa shape index (κ1) is 21.2. The number of fused-ring (bicyclic) bond motifs is 4. The van der Waals surface area contributed by atoms with E-state index in [1.165, 1.54) is 24.8 Å². The van der Waals surface area contributed by atoms with Gasteiger partial charge in [0.2, 0.25) is 0 Å². The summed E-state index contributed by atoms with van der Waals surface area (Å²) in [4.78, 5) is 19.9. The van der Waals surface area contributed by atoms with Gasteiger partial charge < -0.3 is 9.72 Å². The molecule has 3 aromatic rings. The molecule has 34 heavy (non-hydrogen) atoms. The molecule has 6 rings (SSSR count). The van der Waals surface area contributed by atoms with E-state index < -0.39 is 5.41 Å². The summed E-state index contributed by atoms with van der Waals surface area (Å²) < 4.78 is 5.82. The van der Waals surface area contributed by atoms with Gasteiger partial charge in [0.05, 0.1) is 24.3 Å². The molecule has 0 amide bonds. The van der Waals surface area contributed by atoms with Gasteiger partial charge in [0.25, 0.3) is 0 Å². The first-order valence-corrected chi connectivity index (χ1v) is 12.2. The van der Waals surface area contributed by atoms with Crippen LogP contribution < -0.4 is 4.74 Å². The third kappa shape index (κ3) is 2.98. The lowest BCUT2D eigenvalue weighted by molar-refractivity contribution is 0.103. The normalized spacial score (nSPS) is 19.7. The van der Waals surface area contributed by atoms with Gasteiger partial charge in [-0.25, -0.2) is 0 Å². The lowest BCUT2D eigenvalue weighted by Crippen LogP contribution is -2.42. The van der Waals surface area contributed by atoms with Gasteiger partial charge in [-0.3, -0.25) is 9.69 Å². The van der Waals surface area contributed by atoms with Crippen molar-refractivity contribution in [2.24, 2.45) is 0 Å². The second-order valence-corrected chi connectivity index (χ2v) is 10.4. The van der Waals surface area contributed by atoms with Crippen molar-refractivity contribution in [2.45, 2.75) is 51.0 Å². The number of carbonyl (C=O) groups is 1. The van der Waals surface area contributed by atoms with Crippen LogP contribution in [0.5, 0.6) is 5.75 Å². The average Bonchev–Trinajstić information content (AvgIpc) is 3.21. The molecule has 172 valence electrons. The van der Waals surface area contributed by atoms with Crippen LogP contribution in [0.1, 0.15) is 77.8 Å². The van der Waals surface area contributed by atoms with Crippen molar-refractivity contribution in [1.29, 1.82) is 5.26 Å². The van der Waals surface area contributed by atoms with Crippen molar-refractivity contribution >= 4 is 22.3 Å². The second kappa shape index (κ2) is 7.58. The van der Waals surface area contributed by atoms with Crippen LogP contribution in [0.3, 0.4) is 0 Å². The number of ether oxygens (including phenoxy) is 1. The Morgan fingerprint density at radius 2 is 2.00 bits per heavy atom. The third-order valence-electron chi connectivity index (χ3n) is 8.21. The van der Waals surface area contributed by atoms with Gasteiger partial charge in [-0.15, -0.1) is 0 Å². The summed E-state index contributed by atoms with van der Waals surface area (Å²) in [7, 11) is 1.69. The molecule has 5 nitrogen and oxygen atoms in total. The molecule has 1 aliphatic heterocycles. The van der Waals surface area contributed by atoms with Gasteiger partial charge in [0.15, 0.2) is 5.78 Å². The highest BCUT2D eigenvalue weighted by Crippen LogP contribution is 2.47. The zero-order chi connectivity index (χ0) is 23.6. The monoisotopic (exact) mass is 451 g/mol. The van der Waals surface area contributed by atoms with Gasteiger partial charge in [0, 0.05) is 52.3 Å². The predicted molar refractivity (Wildman–Crippen MR) is 133 cm³/mol. The maximum atomic E-state index is 13.8. The number of carbonyl (C=O) groups excluding carboxylic acids is 1. The Morgan fingerprint density at radius 1 is 1.18 bits per heavy atom. The Labute approximate surface area is 200 Å². The van der Waals surface area contributed by atoms with Crippen LogP contribution >= 0.6 is 0 Å². The summed E-state index contributed by atoms with van der Waals surface area (Å²) in [6, 6.07) is 12.6. The number of methoxy groups -OCH3 is 1. The quantitative estimate of drug-likeness (QED) is 0.566. The molecule has 0 spiro atoms. The number of aromatic nitrogens is 1. The molecule has 2 aromatic carbocycles. The lowest BCUT2D eigenvalue weighted by Gasteiger charge is -2.39. The van der Waals surface area contributed by atoms with Gasteiger partial charge in [0.1, 0.15) is 5.75 Å². The molecular weight excluding hydrogens is 422 g/mol. The topological polar surface area (TPSA) is 69.1 Å². The van der Waals surface area contributed by atoms with E-state index in [1.807, 2.05) is 18.2 Å². The van der Waals surface area contributed by atoms with E-state index in [9.17, 15) is 10.1 Å². The van der Waals surface area contributed by atoms with E-state index in [2.05, 4.69) is 41.9 Å². The Bertz CT molecular complexity index is 1420. The summed E-state index contributed by atoms with van der Waals surface area (Å²) >= 11 is 0. The summed E-state index contributed by atoms with van der Waals surface area (Å²) in [6.07, 6.45) is 7.35. The Kier molecular flexibility index (Phi) is 4.72. The molecule has 1 saturated carbocycles. The molecule has 0 atom stereocenters. The fraction of sp³-hybridized carbons (Fsp3) is 0.379. The fourth-order valence-corrected chi connectivity index (χ4v) is 5.96. The number of aromatic amines is 1. The minimum absolute atomic E-state index is 0.0129. The molecule has 1 N–H and O–H groups in total. The maximum Gasteiger partial charge on any atom is 0.195 e.